The first-order valence-electron chi connectivity index (χ1n) is 4.22. The molecule has 2 heterocycles. The Balaban J connectivity index is 2.19. The minimum Gasteiger partial charge on any atom is -0.310 e. The van der Waals surface area contributed by atoms with Crippen molar-refractivity contribution in [2.24, 2.45) is 0 Å². The standard InChI is InChI=1S/C7H14N2O2S/c1-9-3-2-8-6-4-12(10,11)5-7(6)9/h6-8H,2-5H2,1H3/t6-,7+/m1/s1. The highest BCUT2D eigenvalue weighted by molar-refractivity contribution is 7.91. The summed E-state index contributed by atoms with van der Waals surface area (Å²) in [5, 5.41) is 3.25. The maximum Gasteiger partial charge on any atom is 0.153 e. The van der Waals surface area contributed by atoms with Gasteiger partial charge in [0.25, 0.3) is 0 Å². The lowest BCUT2D eigenvalue weighted by atomic mass is 10.1. The summed E-state index contributed by atoms with van der Waals surface area (Å²) in [6.45, 7) is 1.86. The van der Waals surface area contributed by atoms with Crippen LogP contribution in [0.5, 0.6) is 0 Å². The van der Waals surface area contributed by atoms with E-state index in [9.17, 15) is 8.42 Å². The molecule has 2 atom stereocenters. The molecule has 70 valence electrons. The Labute approximate surface area is 72.9 Å². The van der Waals surface area contributed by atoms with Crippen molar-refractivity contribution in [1.29, 1.82) is 0 Å². The number of rotatable bonds is 0. The van der Waals surface area contributed by atoms with E-state index in [0.29, 0.717) is 11.5 Å². The van der Waals surface area contributed by atoms with E-state index in [1.807, 2.05) is 7.05 Å². The van der Waals surface area contributed by atoms with E-state index in [1.54, 1.807) is 0 Å². The largest absolute Gasteiger partial charge is 0.310 e. The van der Waals surface area contributed by atoms with Gasteiger partial charge in [-0.3, -0.25) is 4.90 Å². The molecule has 2 aliphatic heterocycles. The molecular formula is C7H14N2O2S. The van der Waals surface area contributed by atoms with E-state index in [0.717, 1.165) is 13.1 Å². The van der Waals surface area contributed by atoms with Crippen LogP contribution in [-0.2, 0) is 9.84 Å². The van der Waals surface area contributed by atoms with Crippen molar-refractivity contribution < 1.29 is 8.42 Å². The SMILES string of the molecule is CN1CCN[C@@H]2CS(=O)(=O)C[C@@H]21. The summed E-state index contributed by atoms with van der Waals surface area (Å²) in [5.74, 6) is 0.656. The van der Waals surface area contributed by atoms with Gasteiger partial charge in [-0.2, -0.15) is 0 Å². The number of nitrogens with zero attached hydrogens (tertiary/aromatic N) is 1. The predicted molar refractivity (Wildman–Crippen MR) is 46.9 cm³/mol. The maximum atomic E-state index is 11.3. The molecule has 12 heavy (non-hydrogen) atoms. The van der Waals surface area contributed by atoms with Crippen molar-refractivity contribution in [3.63, 3.8) is 0 Å². The van der Waals surface area contributed by atoms with E-state index in [2.05, 4.69) is 10.2 Å². The van der Waals surface area contributed by atoms with Gasteiger partial charge in [-0.15, -0.1) is 0 Å². The number of likely N-dealkylation sites (N-methyl/N-ethyl adjacent to an activating group) is 1. The van der Waals surface area contributed by atoms with Gasteiger partial charge in [0.05, 0.1) is 11.5 Å². The predicted octanol–water partition coefficient (Wildman–Crippen LogP) is -1.31. The Morgan fingerprint density at radius 2 is 2.17 bits per heavy atom. The third kappa shape index (κ3) is 1.36. The van der Waals surface area contributed by atoms with Crippen molar-refractivity contribution >= 4 is 9.84 Å². The lowest BCUT2D eigenvalue weighted by Gasteiger charge is -2.34. The van der Waals surface area contributed by atoms with Crippen LogP contribution in [0.2, 0.25) is 0 Å². The molecule has 0 saturated carbocycles. The molecule has 2 aliphatic rings. The lowest BCUT2D eigenvalue weighted by molar-refractivity contribution is 0.185. The van der Waals surface area contributed by atoms with Crippen LogP contribution in [0, 0.1) is 0 Å². The topological polar surface area (TPSA) is 49.4 Å². The van der Waals surface area contributed by atoms with Crippen LogP contribution < -0.4 is 5.32 Å². The summed E-state index contributed by atoms with van der Waals surface area (Å²) in [7, 11) is -0.767. The van der Waals surface area contributed by atoms with Gasteiger partial charge >= 0.3 is 0 Å². The monoisotopic (exact) mass is 190 g/mol. The van der Waals surface area contributed by atoms with E-state index in [-0.39, 0.29) is 12.1 Å². The normalized spacial score (nSPS) is 41.1. The zero-order valence-electron chi connectivity index (χ0n) is 7.16. The summed E-state index contributed by atoms with van der Waals surface area (Å²) in [6, 6.07) is 0.387. The molecule has 0 spiro atoms. The van der Waals surface area contributed by atoms with E-state index in [4.69, 9.17) is 0 Å². The highest BCUT2D eigenvalue weighted by Crippen LogP contribution is 2.19. The number of nitrogens with one attached hydrogen (secondary N) is 1. The molecule has 2 fully saturated rings. The van der Waals surface area contributed by atoms with Crippen molar-refractivity contribution in [2.45, 2.75) is 12.1 Å². The third-order valence-corrected chi connectivity index (χ3v) is 4.48. The van der Waals surface area contributed by atoms with Gasteiger partial charge in [-0.05, 0) is 7.05 Å². The zero-order valence-corrected chi connectivity index (χ0v) is 7.97. The van der Waals surface area contributed by atoms with E-state index < -0.39 is 9.84 Å². The fourth-order valence-corrected chi connectivity index (χ4v) is 4.08. The first-order valence-corrected chi connectivity index (χ1v) is 6.05. The van der Waals surface area contributed by atoms with Gasteiger partial charge in [0, 0.05) is 25.2 Å². The number of hydrogen-bond donors (Lipinski definition) is 1. The molecule has 0 aliphatic carbocycles. The average molecular weight is 190 g/mol. The average Bonchev–Trinajstić information content (AvgIpc) is 2.25. The highest BCUT2D eigenvalue weighted by atomic mass is 32.2. The van der Waals surface area contributed by atoms with E-state index >= 15 is 0 Å². The summed E-state index contributed by atoms with van der Waals surface area (Å²) >= 11 is 0. The molecule has 0 bridgehead atoms. The number of hydrogen-bond acceptors (Lipinski definition) is 4. The second-order valence-electron chi connectivity index (χ2n) is 3.69. The fourth-order valence-electron chi connectivity index (χ4n) is 2.05. The van der Waals surface area contributed by atoms with Gasteiger partial charge in [0.15, 0.2) is 9.84 Å². The number of fused-ring (bicyclic) bond motifs is 1. The van der Waals surface area contributed by atoms with Crippen molar-refractivity contribution in [1.82, 2.24) is 10.2 Å². The van der Waals surface area contributed by atoms with Crippen LogP contribution in [-0.4, -0.2) is 57.0 Å². The molecule has 0 radical (unpaired) electrons. The molecule has 2 rings (SSSR count). The first kappa shape index (κ1) is 8.47. The van der Waals surface area contributed by atoms with Crippen molar-refractivity contribution in [2.75, 3.05) is 31.6 Å². The van der Waals surface area contributed by atoms with Crippen molar-refractivity contribution in [3.8, 4) is 0 Å². The first-order chi connectivity index (χ1) is 5.58. The molecule has 1 N–H and O–H groups in total. The molecule has 4 nitrogen and oxygen atoms in total. The third-order valence-electron chi connectivity index (χ3n) is 2.76. The Hall–Kier alpha value is -0.130. The molecule has 0 unspecified atom stereocenters. The number of piperazine rings is 1. The lowest BCUT2D eigenvalue weighted by Crippen LogP contribution is -2.55. The molecule has 0 aromatic rings. The highest BCUT2D eigenvalue weighted by Gasteiger charge is 2.41. The quantitative estimate of drug-likeness (QED) is 0.515. The van der Waals surface area contributed by atoms with Gasteiger partial charge in [0.1, 0.15) is 0 Å². The minimum absolute atomic E-state index is 0.175. The van der Waals surface area contributed by atoms with E-state index in [1.165, 1.54) is 0 Å². The molecule has 2 saturated heterocycles. The fraction of sp³-hybridized carbons (Fsp3) is 1.00. The van der Waals surface area contributed by atoms with Gasteiger partial charge < -0.3 is 5.32 Å². The summed E-state index contributed by atoms with van der Waals surface area (Å²) < 4.78 is 22.6. The molecule has 0 aromatic heterocycles. The van der Waals surface area contributed by atoms with Crippen LogP contribution in [0.15, 0.2) is 0 Å². The summed E-state index contributed by atoms with van der Waals surface area (Å²) in [4.78, 5) is 2.14. The Kier molecular flexibility index (Phi) is 1.89. The van der Waals surface area contributed by atoms with Gasteiger partial charge in [-0.25, -0.2) is 8.42 Å². The van der Waals surface area contributed by atoms with Crippen LogP contribution >= 0.6 is 0 Å². The summed E-state index contributed by atoms with van der Waals surface area (Å²) in [6.07, 6.45) is 0. The zero-order chi connectivity index (χ0) is 8.77. The Morgan fingerprint density at radius 1 is 1.42 bits per heavy atom. The summed E-state index contributed by atoms with van der Waals surface area (Å²) in [5.41, 5.74) is 0. The molecule has 5 heteroatoms. The number of sulfone groups is 1. The Morgan fingerprint density at radius 3 is 2.83 bits per heavy atom. The van der Waals surface area contributed by atoms with Crippen LogP contribution in [0.4, 0.5) is 0 Å². The molecular weight excluding hydrogens is 176 g/mol. The van der Waals surface area contributed by atoms with Gasteiger partial charge in [-0.1, -0.05) is 0 Å². The van der Waals surface area contributed by atoms with Crippen LogP contribution in [0.1, 0.15) is 0 Å². The van der Waals surface area contributed by atoms with Crippen molar-refractivity contribution in [3.05, 3.63) is 0 Å². The Bertz CT molecular complexity index is 275. The second-order valence-corrected chi connectivity index (χ2v) is 5.84. The smallest absolute Gasteiger partial charge is 0.153 e. The minimum atomic E-state index is -2.77. The van der Waals surface area contributed by atoms with Gasteiger partial charge in [0.2, 0.25) is 0 Å². The van der Waals surface area contributed by atoms with Crippen LogP contribution in [0.3, 0.4) is 0 Å². The maximum absolute atomic E-state index is 11.3. The molecule has 0 amide bonds. The second kappa shape index (κ2) is 2.68. The van der Waals surface area contributed by atoms with Crippen LogP contribution in [0.25, 0.3) is 0 Å². The molecule has 0 aromatic carbocycles.